The zero-order valence-corrected chi connectivity index (χ0v) is 12.8. The molecule has 1 heterocycles. The van der Waals surface area contributed by atoms with Crippen LogP contribution < -0.4 is 5.32 Å². The van der Waals surface area contributed by atoms with E-state index in [1.54, 1.807) is 0 Å². The molecule has 3 fully saturated rings. The maximum atomic E-state index is 12.3. The SMILES string of the molecule is CC1C[C@H](C(=O)NCC2CCN(C3CC3)C2)[C@H](C(=O)O)C1. The minimum Gasteiger partial charge on any atom is -0.481 e. The lowest BCUT2D eigenvalue weighted by Gasteiger charge is -2.18. The molecule has 0 aromatic carbocycles. The summed E-state index contributed by atoms with van der Waals surface area (Å²) in [7, 11) is 0. The average molecular weight is 294 g/mol. The molecule has 0 bridgehead atoms. The largest absolute Gasteiger partial charge is 0.481 e. The first-order chi connectivity index (χ1) is 10.0. The van der Waals surface area contributed by atoms with Gasteiger partial charge in [0.1, 0.15) is 0 Å². The van der Waals surface area contributed by atoms with E-state index in [1.165, 1.54) is 12.8 Å². The van der Waals surface area contributed by atoms with Gasteiger partial charge in [-0.3, -0.25) is 9.59 Å². The fourth-order valence-electron chi connectivity index (χ4n) is 4.03. The highest BCUT2D eigenvalue weighted by Crippen LogP contribution is 2.36. The smallest absolute Gasteiger partial charge is 0.307 e. The van der Waals surface area contributed by atoms with E-state index < -0.39 is 11.9 Å². The van der Waals surface area contributed by atoms with Crippen molar-refractivity contribution in [1.82, 2.24) is 10.2 Å². The first-order valence-corrected chi connectivity index (χ1v) is 8.29. The molecule has 4 atom stereocenters. The van der Waals surface area contributed by atoms with Gasteiger partial charge in [0.15, 0.2) is 0 Å². The number of carbonyl (C=O) groups excluding carboxylic acids is 1. The van der Waals surface area contributed by atoms with Crippen molar-refractivity contribution in [2.45, 2.75) is 45.1 Å². The second-order valence-electron chi connectivity index (χ2n) is 7.25. The molecule has 5 nitrogen and oxygen atoms in total. The normalized spacial score (nSPS) is 36.8. The minimum absolute atomic E-state index is 0.0448. The molecule has 2 aliphatic carbocycles. The number of hydrogen-bond acceptors (Lipinski definition) is 3. The van der Waals surface area contributed by atoms with Gasteiger partial charge in [-0.05, 0) is 50.5 Å². The van der Waals surface area contributed by atoms with Crippen LogP contribution in [0.1, 0.15) is 39.0 Å². The number of nitrogens with zero attached hydrogens (tertiary/aromatic N) is 1. The molecular formula is C16H26N2O3. The lowest BCUT2D eigenvalue weighted by molar-refractivity contribution is -0.146. The number of likely N-dealkylation sites (tertiary alicyclic amines) is 1. The van der Waals surface area contributed by atoms with Gasteiger partial charge in [-0.25, -0.2) is 0 Å². The summed E-state index contributed by atoms with van der Waals surface area (Å²) in [5.41, 5.74) is 0. The summed E-state index contributed by atoms with van der Waals surface area (Å²) in [4.78, 5) is 26.1. The molecule has 5 heteroatoms. The molecule has 1 amide bonds. The molecule has 2 N–H and O–H groups in total. The molecule has 3 aliphatic rings. The zero-order valence-electron chi connectivity index (χ0n) is 12.8. The van der Waals surface area contributed by atoms with Crippen LogP contribution in [0.2, 0.25) is 0 Å². The second kappa shape index (κ2) is 5.95. The summed E-state index contributed by atoms with van der Waals surface area (Å²) in [6, 6.07) is 0.803. The topological polar surface area (TPSA) is 69.6 Å². The van der Waals surface area contributed by atoms with Gasteiger partial charge in [-0.2, -0.15) is 0 Å². The average Bonchev–Trinajstić information content (AvgIpc) is 3.05. The Kier molecular flexibility index (Phi) is 4.20. The molecule has 2 unspecified atom stereocenters. The van der Waals surface area contributed by atoms with Gasteiger partial charge in [0.2, 0.25) is 5.91 Å². The van der Waals surface area contributed by atoms with Crippen LogP contribution in [0.3, 0.4) is 0 Å². The Morgan fingerprint density at radius 3 is 2.57 bits per heavy atom. The second-order valence-corrected chi connectivity index (χ2v) is 7.25. The summed E-state index contributed by atoms with van der Waals surface area (Å²) in [6.07, 6.45) is 5.16. The van der Waals surface area contributed by atoms with Crippen LogP contribution in [0.15, 0.2) is 0 Å². The molecule has 1 aliphatic heterocycles. The summed E-state index contributed by atoms with van der Waals surface area (Å²) in [5, 5.41) is 12.3. The number of carboxylic acid groups (broad SMARTS) is 1. The van der Waals surface area contributed by atoms with Gasteiger partial charge in [0, 0.05) is 19.1 Å². The molecule has 0 aromatic heterocycles. The number of nitrogens with one attached hydrogen (secondary N) is 1. The van der Waals surface area contributed by atoms with Crippen LogP contribution in [0.4, 0.5) is 0 Å². The Hall–Kier alpha value is -1.10. The van der Waals surface area contributed by atoms with Gasteiger partial charge in [0.05, 0.1) is 11.8 Å². The van der Waals surface area contributed by atoms with Crippen molar-refractivity contribution in [3.8, 4) is 0 Å². The number of aliphatic carboxylic acids is 1. The molecule has 0 spiro atoms. The van der Waals surface area contributed by atoms with E-state index in [9.17, 15) is 14.7 Å². The van der Waals surface area contributed by atoms with E-state index in [-0.39, 0.29) is 11.8 Å². The molecule has 0 aromatic rings. The van der Waals surface area contributed by atoms with Crippen molar-refractivity contribution >= 4 is 11.9 Å². The quantitative estimate of drug-likeness (QED) is 0.802. The molecule has 3 rings (SSSR count). The minimum atomic E-state index is -0.819. The van der Waals surface area contributed by atoms with Crippen molar-refractivity contribution in [3.63, 3.8) is 0 Å². The Labute approximate surface area is 126 Å². The highest BCUT2D eigenvalue weighted by molar-refractivity contribution is 5.85. The number of amides is 1. The highest BCUT2D eigenvalue weighted by Gasteiger charge is 2.41. The standard InChI is InChI=1S/C16H26N2O3/c1-10-6-13(14(7-10)16(20)21)15(19)17-8-11-4-5-18(9-11)12-2-3-12/h10-14H,2-9H2,1H3,(H,17,19)(H,20,21)/t10?,11?,13-,14+/m0/s1. The first kappa shape index (κ1) is 14.8. The van der Waals surface area contributed by atoms with Crippen molar-refractivity contribution in [2.24, 2.45) is 23.7 Å². The predicted octanol–water partition coefficient (Wildman–Crippen LogP) is 1.33. The van der Waals surface area contributed by atoms with Crippen molar-refractivity contribution in [2.75, 3.05) is 19.6 Å². The Morgan fingerprint density at radius 1 is 1.19 bits per heavy atom. The van der Waals surface area contributed by atoms with Crippen LogP contribution in [0.5, 0.6) is 0 Å². The van der Waals surface area contributed by atoms with Crippen LogP contribution in [-0.4, -0.2) is 47.6 Å². The molecule has 21 heavy (non-hydrogen) atoms. The van der Waals surface area contributed by atoms with Crippen molar-refractivity contribution in [1.29, 1.82) is 0 Å². The van der Waals surface area contributed by atoms with Gasteiger partial charge in [0.25, 0.3) is 0 Å². The van der Waals surface area contributed by atoms with Crippen molar-refractivity contribution in [3.05, 3.63) is 0 Å². The van der Waals surface area contributed by atoms with Crippen LogP contribution in [0, 0.1) is 23.7 Å². The summed E-state index contributed by atoms with van der Waals surface area (Å²) < 4.78 is 0. The maximum absolute atomic E-state index is 12.3. The van der Waals surface area contributed by atoms with E-state index in [4.69, 9.17) is 0 Å². The fourth-order valence-corrected chi connectivity index (χ4v) is 4.03. The maximum Gasteiger partial charge on any atom is 0.307 e. The number of rotatable bonds is 5. The van der Waals surface area contributed by atoms with Crippen molar-refractivity contribution < 1.29 is 14.7 Å². The first-order valence-electron chi connectivity index (χ1n) is 8.29. The van der Waals surface area contributed by atoms with Gasteiger partial charge in [-0.1, -0.05) is 6.92 Å². The predicted molar refractivity (Wildman–Crippen MR) is 78.7 cm³/mol. The van der Waals surface area contributed by atoms with E-state index in [2.05, 4.69) is 10.2 Å². The summed E-state index contributed by atoms with van der Waals surface area (Å²) in [5.74, 6) is -0.822. The van der Waals surface area contributed by atoms with E-state index in [0.717, 1.165) is 25.6 Å². The summed E-state index contributed by atoms with van der Waals surface area (Å²) >= 11 is 0. The van der Waals surface area contributed by atoms with Crippen LogP contribution in [-0.2, 0) is 9.59 Å². The molecule has 0 radical (unpaired) electrons. The van der Waals surface area contributed by atoms with Crippen LogP contribution >= 0.6 is 0 Å². The Morgan fingerprint density at radius 2 is 1.90 bits per heavy atom. The number of hydrogen-bond donors (Lipinski definition) is 2. The third-order valence-electron chi connectivity index (χ3n) is 5.40. The number of carboxylic acids is 1. The molecule has 2 saturated carbocycles. The van der Waals surface area contributed by atoms with Gasteiger partial charge < -0.3 is 15.3 Å². The Bertz CT molecular complexity index is 422. The third-order valence-corrected chi connectivity index (χ3v) is 5.40. The van der Waals surface area contributed by atoms with E-state index >= 15 is 0 Å². The molecular weight excluding hydrogens is 268 g/mol. The lowest BCUT2D eigenvalue weighted by Crippen LogP contribution is -2.38. The fraction of sp³-hybridized carbons (Fsp3) is 0.875. The molecule has 1 saturated heterocycles. The lowest BCUT2D eigenvalue weighted by atomic mass is 9.95. The van der Waals surface area contributed by atoms with E-state index in [1.807, 2.05) is 6.92 Å². The third kappa shape index (κ3) is 3.39. The van der Waals surface area contributed by atoms with Gasteiger partial charge >= 0.3 is 5.97 Å². The van der Waals surface area contributed by atoms with Crippen LogP contribution in [0.25, 0.3) is 0 Å². The van der Waals surface area contributed by atoms with E-state index in [0.29, 0.717) is 31.2 Å². The summed E-state index contributed by atoms with van der Waals surface area (Å²) in [6.45, 7) is 4.99. The zero-order chi connectivity index (χ0) is 15.0. The molecule has 118 valence electrons. The highest BCUT2D eigenvalue weighted by atomic mass is 16.4. The number of carbonyl (C=O) groups is 2. The van der Waals surface area contributed by atoms with Gasteiger partial charge in [-0.15, -0.1) is 0 Å². The Balaban J connectivity index is 1.46. The monoisotopic (exact) mass is 294 g/mol.